The molecule has 0 saturated heterocycles. The predicted molar refractivity (Wildman–Crippen MR) is 386 cm³/mol. The zero-order chi connectivity index (χ0) is 70.1. The summed E-state index contributed by atoms with van der Waals surface area (Å²) in [6, 6.07) is 0. The molecule has 0 aliphatic heterocycles. The fraction of sp³-hybridized carbons (Fsp3) is 0.947. The van der Waals surface area contributed by atoms with Gasteiger partial charge in [-0.3, -0.25) is 37.3 Å². The molecule has 0 aliphatic rings. The van der Waals surface area contributed by atoms with Crippen LogP contribution in [-0.4, -0.2) is 96.7 Å². The monoisotopic (exact) mass is 1400 g/mol. The first-order valence-electron chi connectivity index (χ1n) is 39.3. The van der Waals surface area contributed by atoms with E-state index in [0.717, 1.165) is 108 Å². The van der Waals surface area contributed by atoms with Gasteiger partial charge in [-0.15, -0.1) is 0 Å². The molecular formula is C76H148O17P2. The number of hydrogen-bond donors (Lipinski definition) is 3. The van der Waals surface area contributed by atoms with Gasteiger partial charge in [0, 0.05) is 25.7 Å². The van der Waals surface area contributed by atoms with Crippen LogP contribution >= 0.6 is 15.6 Å². The first-order chi connectivity index (χ1) is 45.7. The lowest BCUT2D eigenvalue weighted by atomic mass is 10.0. The predicted octanol–water partition coefficient (Wildman–Crippen LogP) is 22.2. The molecule has 5 atom stereocenters. The zero-order valence-corrected chi connectivity index (χ0v) is 63.9. The summed E-state index contributed by atoms with van der Waals surface area (Å²) in [5.74, 6) is 0.130. The minimum absolute atomic E-state index is 0.107. The van der Waals surface area contributed by atoms with Crippen molar-refractivity contribution in [3.05, 3.63) is 0 Å². The van der Waals surface area contributed by atoms with E-state index in [0.29, 0.717) is 31.6 Å². The van der Waals surface area contributed by atoms with Crippen molar-refractivity contribution in [2.24, 2.45) is 17.8 Å². The van der Waals surface area contributed by atoms with Gasteiger partial charge in [-0.25, -0.2) is 9.13 Å². The van der Waals surface area contributed by atoms with Crippen molar-refractivity contribution < 1.29 is 80.2 Å². The number of phosphoric acid groups is 2. The lowest BCUT2D eigenvalue weighted by Crippen LogP contribution is -2.30. The van der Waals surface area contributed by atoms with E-state index in [-0.39, 0.29) is 25.7 Å². The van der Waals surface area contributed by atoms with E-state index in [1.807, 2.05) is 0 Å². The van der Waals surface area contributed by atoms with Crippen molar-refractivity contribution in [3.8, 4) is 0 Å². The third-order valence-corrected chi connectivity index (χ3v) is 19.5. The van der Waals surface area contributed by atoms with Crippen molar-refractivity contribution in [2.45, 2.75) is 407 Å². The van der Waals surface area contributed by atoms with E-state index >= 15 is 0 Å². The Labute approximate surface area is 581 Å². The van der Waals surface area contributed by atoms with Gasteiger partial charge < -0.3 is 33.8 Å². The number of carbonyl (C=O) groups excluding carboxylic acids is 4. The first kappa shape index (κ1) is 93.1. The van der Waals surface area contributed by atoms with E-state index in [9.17, 15) is 43.2 Å². The van der Waals surface area contributed by atoms with Gasteiger partial charge in [0.1, 0.15) is 19.3 Å². The number of esters is 4. The minimum atomic E-state index is -4.96. The molecule has 0 aromatic carbocycles. The van der Waals surface area contributed by atoms with Crippen LogP contribution in [0.5, 0.6) is 0 Å². The lowest BCUT2D eigenvalue weighted by molar-refractivity contribution is -0.161. The Hall–Kier alpha value is -1.94. The molecule has 0 spiro atoms. The molecule has 0 radical (unpaired) electrons. The Kier molecular flexibility index (Phi) is 65.2. The summed E-state index contributed by atoms with van der Waals surface area (Å²) in [7, 11) is -9.91. The molecule has 0 amide bonds. The zero-order valence-electron chi connectivity index (χ0n) is 62.1. The molecule has 564 valence electrons. The van der Waals surface area contributed by atoms with E-state index in [4.69, 9.17) is 37.0 Å². The summed E-state index contributed by atoms with van der Waals surface area (Å²) in [6.45, 7) is 11.9. The highest BCUT2D eigenvalue weighted by atomic mass is 31.2. The second kappa shape index (κ2) is 66.6. The largest absolute Gasteiger partial charge is 0.472 e. The molecule has 0 fully saturated rings. The maximum absolute atomic E-state index is 13.1. The molecule has 2 unspecified atom stereocenters. The maximum Gasteiger partial charge on any atom is 0.472 e. The second-order valence-corrected chi connectivity index (χ2v) is 31.7. The Morgan fingerprint density at radius 3 is 0.716 bits per heavy atom. The van der Waals surface area contributed by atoms with Gasteiger partial charge in [-0.2, -0.15) is 0 Å². The quantitative estimate of drug-likeness (QED) is 0.0222. The number of unbranched alkanes of at least 4 members (excludes halogenated alkanes) is 42. The molecule has 0 aromatic rings. The van der Waals surface area contributed by atoms with Gasteiger partial charge in [0.2, 0.25) is 0 Å². The van der Waals surface area contributed by atoms with Gasteiger partial charge >= 0.3 is 39.5 Å². The Balaban J connectivity index is 5.24. The minimum Gasteiger partial charge on any atom is -0.462 e. The second-order valence-electron chi connectivity index (χ2n) is 28.8. The van der Waals surface area contributed by atoms with Gasteiger partial charge in [-0.1, -0.05) is 337 Å². The molecule has 0 saturated carbocycles. The Morgan fingerprint density at radius 1 is 0.284 bits per heavy atom. The van der Waals surface area contributed by atoms with Crippen LogP contribution in [0.3, 0.4) is 0 Å². The lowest BCUT2D eigenvalue weighted by Gasteiger charge is -2.21. The number of aliphatic hydroxyl groups excluding tert-OH is 1. The van der Waals surface area contributed by atoms with Gasteiger partial charge in [0.05, 0.1) is 26.4 Å². The molecule has 95 heavy (non-hydrogen) atoms. The maximum atomic E-state index is 13.1. The van der Waals surface area contributed by atoms with Crippen molar-refractivity contribution >= 4 is 39.5 Å². The molecule has 3 N–H and O–H groups in total. The average Bonchev–Trinajstić information content (AvgIpc) is 1.48. The normalized spacial score (nSPS) is 14.1. The number of phosphoric ester groups is 2. The molecule has 0 heterocycles. The van der Waals surface area contributed by atoms with Gasteiger partial charge in [-0.05, 0) is 43.4 Å². The van der Waals surface area contributed by atoms with Crippen LogP contribution < -0.4 is 0 Å². The van der Waals surface area contributed by atoms with Crippen molar-refractivity contribution in [1.82, 2.24) is 0 Å². The summed E-state index contributed by atoms with van der Waals surface area (Å²) >= 11 is 0. The van der Waals surface area contributed by atoms with E-state index in [1.165, 1.54) is 193 Å². The van der Waals surface area contributed by atoms with E-state index in [1.54, 1.807) is 0 Å². The number of carbonyl (C=O) groups is 4. The van der Waals surface area contributed by atoms with Crippen molar-refractivity contribution in [3.63, 3.8) is 0 Å². The van der Waals surface area contributed by atoms with Crippen LogP contribution in [-0.2, 0) is 65.4 Å². The third kappa shape index (κ3) is 70.3. The third-order valence-electron chi connectivity index (χ3n) is 17.6. The van der Waals surface area contributed by atoms with Crippen molar-refractivity contribution in [1.29, 1.82) is 0 Å². The number of hydrogen-bond acceptors (Lipinski definition) is 15. The van der Waals surface area contributed by atoms with E-state index in [2.05, 4.69) is 48.5 Å². The number of rotatable bonds is 74. The van der Waals surface area contributed by atoms with Crippen LogP contribution in [0.1, 0.15) is 389 Å². The molecule has 0 rings (SSSR count). The molecule has 19 heteroatoms. The summed E-state index contributed by atoms with van der Waals surface area (Å²) in [4.78, 5) is 72.8. The fourth-order valence-electron chi connectivity index (χ4n) is 11.6. The van der Waals surface area contributed by atoms with Crippen LogP contribution in [0.4, 0.5) is 0 Å². The summed E-state index contributed by atoms with van der Waals surface area (Å²) in [6.07, 6.45) is 52.8. The summed E-state index contributed by atoms with van der Waals surface area (Å²) in [5, 5.41) is 10.6. The van der Waals surface area contributed by atoms with Crippen molar-refractivity contribution in [2.75, 3.05) is 39.6 Å². The summed E-state index contributed by atoms with van der Waals surface area (Å²) in [5.41, 5.74) is 0. The highest BCUT2D eigenvalue weighted by molar-refractivity contribution is 7.47. The SMILES string of the molecule is CCCCCCCCCCCCCCCCCC(=O)O[C@H](COC(=O)CCCCCCCCC(C)C)COP(=O)(O)OC[C@H](O)COP(=O)(O)OC[C@@H](COC(=O)CCCCCCCCCCCCCCC(C)C)OC(=O)CCCCCCCCCCCCCCCC(C)C. The molecule has 17 nitrogen and oxygen atoms in total. The smallest absolute Gasteiger partial charge is 0.462 e. The molecular weight excluding hydrogens is 1250 g/mol. The van der Waals surface area contributed by atoms with Crippen LogP contribution in [0.15, 0.2) is 0 Å². The average molecular weight is 1400 g/mol. The standard InChI is InChI=1S/C76H148O17P2/c1-8-9-10-11-12-13-14-15-16-19-26-31-36-45-52-59-76(81)93-72(64-87-74(79)58-51-44-39-38-42-49-56-69(6)7)66-91-95(84,85)89-62-70(77)61-88-94(82,83)90-65-71(63-86-73(78)57-50-43-35-30-25-22-21-24-29-34-41-48-55-68(4)5)92-75(80)60-53-46-37-32-27-20-17-18-23-28-33-40-47-54-67(2)3/h67-72,77H,8-66H2,1-7H3,(H,82,83)(H,84,85)/t70-,71-,72-/m1/s1. The van der Waals surface area contributed by atoms with Gasteiger partial charge in [0.15, 0.2) is 12.2 Å². The molecule has 0 bridgehead atoms. The fourth-order valence-corrected chi connectivity index (χ4v) is 13.2. The van der Waals surface area contributed by atoms with Crippen LogP contribution in [0, 0.1) is 17.8 Å². The highest BCUT2D eigenvalue weighted by Gasteiger charge is 2.30. The Morgan fingerprint density at radius 2 is 0.484 bits per heavy atom. The number of ether oxygens (including phenoxy) is 4. The highest BCUT2D eigenvalue weighted by Crippen LogP contribution is 2.45. The topological polar surface area (TPSA) is 237 Å². The van der Waals surface area contributed by atoms with Gasteiger partial charge in [0.25, 0.3) is 0 Å². The Bertz CT molecular complexity index is 1850. The molecule has 0 aliphatic carbocycles. The first-order valence-corrected chi connectivity index (χ1v) is 42.3. The van der Waals surface area contributed by atoms with E-state index < -0.39 is 97.5 Å². The number of aliphatic hydroxyl groups is 1. The van der Waals surface area contributed by atoms with Crippen LogP contribution in [0.25, 0.3) is 0 Å². The molecule has 0 aromatic heterocycles. The van der Waals surface area contributed by atoms with Crippen LogP contribution in [0.2, 0.25) is 0 Å². The summed E-state index contributed by atoms with van der Waals surface area (Å²) < 4.78 is 68.5.